The summed E-state index contributed by atoms with van der Waals surface area (Å²) in [7, 11) is 0. The van der Waals surface area contributed by atoms with E-state index >= 15 is 0 Å². The van der Waals surface area contributed by atoms with E-state index in [0.29, 0.717) is 60.7 Å². The van der Waals surface area contributed by atoms with Crippen molar-refractivity contribution in [1.29, 1.82) is 0 Å². The largest absolute Gasteiger partial charge is 0.342 e. The van der Waals surface area contributed by atoms with Gasteiger partial charge in [0.25, 0.3) is 11.5 Å². The van der Waals surface area contributed by atoms with E-state index in [1.165, 1.54) is 6.42 Å². The highest BCUT2D eigenvalue weighted by molar-refractivity contribution is 5.94. The number of fused-ring (bicyclic) bond motifs is 1. The minimum Gasteiger partial charge on any atom is -0.342 e. The Morgan fingerprint density at radius 3 is 2.23 bits per heavy atom. The third kappa shape index (κ3) is 4.84. The number of carbonyl (C=O) groups excluding carboxylic acids is 2. The van der Waals surface area contributed by atoms with Gasteiger partial charge in [-0.1, -0.05) is 12.1 Å². The van der Waals surface area contributed by atoms with Crippen LogP contribution in [0.1, 0.15) is 35.4 Å². The molecule has 0 aliphatic carbocycles. The molecule has 0 atom stereocenters. The van der Waals surface area contributed by atoms with Crippen molar-refractivity contribution >= 4 is 22.7 Å². The number of hydrogen-bond donors (Lipinski definition) is 0. The minimum absolute atomic E-state index is 0.0285. The molecule has 0 unspecified atom stereocenters. The van der Waals surface area contributed by atoms with Crippen LogP contribution in [0.15, 0.2) is 53.3 Å². The van der Waals surface area contributed by atoms with Crippen molar-refractivity contribution in [3.05, 3.63) is 70.3 Å². The lowest BCUT2D eigenvalue weighted by Crippen LogP contribution is -2.52. The molecule has 2 aliphatic heterocycles. The van der Waals surface area contributed by atoms with E-state index in [-0.39, 0.29) is 17.4 Å². The second-order valence-electron chi connectivity index (χ2n) is 9.37. The molecule has 3 aromatic rings. The quantitative estimate of drug-likeness (QED) is 0.582. The monoisotopic (exact) mass is 473 g/mol. The molecule has 0 saturated carbocycles. The van der Waals surface area contributed by atoms with Crippen LogP contribution in [0.25, 0.3) is 16.6 Å². The molecule has 8 nitrogen and oxygen atoms in total. The molecular weight excluding hydrogens is 442 g/mol. The minimum atomic E-state index is -0.123. The van der Waals surface area contributed by atoms with E-state index in [1.807, 2.05) is 34.9 Å². The fourth-order valence-electron chi connectivity index (χ4n) is 5.03. The number of hydrogen-bond acceptors (Lipinski definition) is 5. The summed E-state index contributed by atoms with van der Waals surface area (Å²) in [4.78, 5) is 49.2. The van der Waals surface area contributed by atoms with E-state index in [4.69, 9.17) is 0 Å². The van der Waals surface area contributed by atoms with Crippen molar-refractivity contribution in [2.24, 2.45) is 0 Å². The summed E-state index contributed by atoms with van der Waals surface area (Å²) in [5, 5.41) is 0.565. The number of piperidine rings is 1. The maximum Gasteiger partial charge on any atom is 0.265 e. The molecule has 35 heavy (non-hydrogen) atoms. The van der Waals surface area contributed by atoms with Gasteiger partial charge in [0.05, 0.1) is 23.1 Å². The summed E-state index contributed by atoms with van der Waals surface area (Å²) in [6.45, 7) is 6.57. The van der Waals surface area contributed by atoms with E-state index in [9.17, 15) is 14.4 Å². The summed E-state index contributed by atoms with van der Waals surface area (Å²) in [6.07, 6.45) is 3.40. The van der Waals surface area contributed by atoms with Gasteiger partial charge >= 0.3 is 0 Å². The van der Waals surface area contributed by atoms with Crippen LogP contribution in [-0.4, -0.2) is 81.9 Å². The van der Waals surface area contributed by atoms with Crippen molar-refractivity contribution in [3.63, 3.8) is 0 Å². The van der Waals surface area contributed by atoms with Crippen molar-refractivity contribution in [2.45, 2.75) is 26.2 Å². The van der Waals surface area contributed by atoms with Crippen molar-refractivity contribution in [2.75, 3.05) is 45.8 Å². The number of amides is 2. The number of piperazine rings is 1. The molecule has 2 saturated heterocycles. The van der Waals surface area contributed by atoms with Crippen LogP contribution in [0.3, 0.4) is 0 Å². The van der Waals surface area contributed by atoms with Crippen LogP contribution in [0.5, 0.6) is 0 Å². The Kier molecular flexibility index (Phi) is 6.63. The fourth-order valence-corrected chi connectivity index (χ4v) is 5.03. The molecule has 1 aromatic heterocycles. The second kappa shape index (κ2) is 10.00. The summed E-state index contributed by atoms with van der Waals surface area (Å²) in [5.74, 6) is 0.774. The Bertz CT molecular complexity index is 1290. The lowest BCUT2D eigenvalue weighted by Gasteiger charge is -2.36. The van der Waals surface area contributed by atoms with Crippen LogP contribution in [0, 0.1) is 6.92 Å². The van der Waals surface area contributed by atoms with Gasteiger partial charge in [-0.2, -0.15) is 0 Å². The topological polar surface area (TPSA) is 78.8 Å². The maximum atomic E-state index is 13.1. The van der Waals surface area contributed by atoms with E-state index in [1.54, 1.807) is 34.9 Å². The number of aromatic nitrogens is 2. The van der Waals surface area contributed by atoms with E-state index < -0.39 is 0 Å². The Morgan fingerprint density at radius 1 is 0.829 bits per heavy atom. The fraction of sp³-hybridized carbons (Fsp3) is 0.407. The van der Waals surface area contributed by atoms with Gasteiger partial charge < -0.3 is 9.80 Å². The van der Waals surface area contributed by atoms with Crippen LogP contribution < -0.4 is 5.56 Å². The zero-order valence-electron chi connectivity index (χ0n) is 20.2. The zero-order valence-corrected chi connectivity index (χ0v) is 20.2. The molecule has 5 rings (SSSR count). The van der Waals surface area contributed by atoms with E-state index in [2.05, 4.69) is 9.88 Å². The number of nitrogens with zero attached hydrogens (tertiary/aromatic N) is 5. The molecular formula is C27H31N5O3. The molecule has 2 amide bonds. The van der Waals surface area contributed by atoms with Gasteiger partial charge in [-0.15, -0.1) is 0 Å². The first kappa shape index (κ1) is 23.2. The lowest BCUT2D eigenvalue weighted by molar-refractivity contribution is -0.133. The first-order valence-electron chi connectivity index (χ1n) is 12.4. The molecule has 0 bridgehead atoms. The zero-order chi connectivity index (χ0) is 24.4. The Balaban J connectivity index is 1.23. The predicted molar refractivity (Wildman–Crippen MR) is 135 cm³/mol. The van der Waals surface area contributed by atoms with Gasteiger partial charge in [-0.05, 0) is 62.6 Å². The standard InChI is InChI=1S/C27H31N5O3/c1-20-28-24-8-4-3-7-23(24)27(35)32(20)22-11-9-21(10-12-22)26(34)31-17-15-29(16-18-31)19-25(33)30-13-5-2-6-14-30/h3-4,7-12H,2,5-6,13-19H2,1H3. The molecule has 0 radical (unpaired) electrons. The van der Waals surface area contributed by atoms with Gasteiger partial charge in [-0.3, -0.25) is 23.9 Å². The van der Waals surface area contributed by atoms with Crippen LogP contribution in [-0.2, 0) is 4.79 Å². The molecule has 2 aliphatic rings. The molecule has 0 spiro atoms. The number of benzene rings is 2. The lowest BCUT2D eigenvalue weighted by atomic mass is 10.1. The number of rotatable bonds is 4. The third-order valence-electron chi connectivity index (χ3n) is 7.04. The Morgan fingerprint density at radius 2 is 1.51 bits per heavy atom. The second-order valence-corrected chi connectivity index (χ2v) is 9.37. The number of carbonyl (C=O) groups is 2. The van der Waals surface area contributed by atoms with Crippen molar-refractivity contribution in [1.82, 2.24) is 24.3 Å². The maximum absolute atomic E-state index is 13.1. The molecule has 0 N–H and O–H groups in total. The highest BCUT2D eigenvalue weighted by Gasteiger charge is 2.25. The third-order valence-corrected chi connectivity index (χ3v) is 7.04. The van der Waals surface area contributed by atoms with Gasteiger partial charge in [0.15, 0.2) is 0 Å². The summed E-state index contributed by atoms with van der Waals surface area (Å²) in [6, 6.07) is 14.4. The van der Waals surface area contributed by atoms with Gasteiger partial charge in [-0.25, -0.2) is 4.98 Å². The highest BCUT2D eigenvalue weighted by Crippen LogP contribution is 2.16. The van der Waals surface area contributed by atoms with Crippen molar-refractivity contribution in [3.8, 4) is 5.69 Å². The van der Waals surface area contributed by atoms with Crippen molar-refractivity contribution < 1.29 is 9.59 Å². The number of likely N-dealkylation sites (tertiary alicyclic amines) is 1. The molecule has 8 heteroatoms. The van der Waals surface area contributed by atoms with E-state index in [0.717, 1.165) is 25.9 Å². The normalized spacial score (nSPS) is 17.1. The Labute approximate surface area is 204 Å². The molecule has 2 fully saturated rings. The molecule has 2 aromatic carbocycles. The van der Waals surface area contributed by atoms with Crippen LogP contribution in [0.4, 0.5) is 0 Å². The van der Waals surface area contributed by atoms with Crippen LogP contribution >= 0.6 is 0 Å². The Hall–Kier alpha value is -3.52. The highest BCUT2D eigenvalue weighted by atomic mass is 16.2. The SMILES string of the molecule is Cc1nc2ccccc2c(=O)n1-c1ccc(C(=O)N2CCN(CC(=O)N3CCCCC3)CC2)cc1. The smallest absolute Gasteiger partial charge is 0.265 e. The van der Waals surface area contributed by atoms with Crippen LogP contribution in [0.2, 0.25) is 0 Å². The molecule has 3 heterocycles. The molecule has 182 valence electrons. The number of para-hydroxylation sites is 1. The number of aryl methyl sites for hydroxylation is 1. The summed E-state index contributed by atoms with van der Waals surface area (Å²) >= 11 is 0. The average molecular weight is 474 g/mol. The first-order valence-corrected chi connectivity index (χ1v) is 12.4. The summed E-state index contributed by atoms with van der Waals surface area (Å²) in [5.41, 5.74) is 1.83. The van der Waals surface area contributed by atoms with Gasteiger partial charge in [0.2, 0.25) is 5.91 Å². The van der Waals surface area contributed by atoms with Gasteiger partial charge in [0, 0.05) is 44.8 Å². The first-order chi connectivity index (χ1) is 17.0. The predicted octanol–water partition coefficient (Wildman–Crippen LogP) is 2.46. The summed E-state index contributed by atoms with van der Waals surface area (Å²) < 4.78 is 1.58. The average Bonchev–Trinajstić information content (AvgIpc) is 2.89. The van der Waals surface area contributed by atoms with Gasteiger partial charge in [0.1, 0.15) is 5.82 Å².